The van der Waals surface area contributed by atoms with Gasteiger partial charge in [-0.1, -0.05) is 42.1 Å². The van der Waals surface area contributed by atoms with Crippen LogP contribution in [0.1, 0.15) is 16.1 Å². The second kappa shape index (κ2) is 9.55. The van der Waals surface area contributed by atoms with E-state index in [1.807, 2.05) is 6.07 Å². The Bertz CT molecular complexity index is 1390. The summed E-state index contributed by atoms with van der Waals surface area (Å²) in [5, 5.41) is 26.9. The van der Waals surface area contributed by atoms with E-state index in [2.05, 4.69) is 5.10 Å². The van der Waals surface area contributed by atoms with Crippen LogP contribution in [0.15, 0.2) is 88.7 Å². The molecule has 0 fully saturated rings. The van der Waals surface area contributed by atoms with Gasteiger partial charge in [0, 0.05) is 18.2 Å². The number of nitrogens with zero attached hydrogens (tertiary/aromatic N) is 4. The van der Waals surface area contributed by atoms with Crippen LogP contribution in [0, 0.1) is 27.2 Å². The predicted octanol–water partition coefficient (Wildman–Crippen LogP) is 5.37. The van der Waals surface area contributed by atoms with Gasteiger partial charge < -0.3 is 4.74 Å². The first-order valence-electron chi connectivity index (χ1n) is 9.88. The van der Waals surface area contributed by atoms with Crippen molar-refractivity contribution in [1.82, 2.24) is 9.78 Å². The minimum absolute atomic E-state index is 0.0789. The summed E-state index contributed by atoms with van der Waals surface area (Å²) >= 11 is 1.06. The van der Waals surface area contributed by atoms with Gasteiger partial charge in [-0.2, -0.15) is 9.78 Å². The minimum Gasteiger partial charge on any atom is -0.402 e. The smallest absolute Gasteiger partial charge is 0.344 e. The molecule has 0 N–H and O–H groups in total. The Morgan fingerprint density at radius 1 is 0.912 bits per heavy atom. The van der Waals surface area contributed by atoms with Gasteiger partial charge in [0.1, 0.15) is 0 Å². The van der Waals surface area contributed by atoms with E-state index in [1.54, 1.807) is 49.4 Å². The van der Waals surface area contributed by atoms with Crippen LogP contribution in [0.4, 0.5) is 11.4 Å². The highest BCUT2D eigenvalue weighted by molar-refractivity contribution is 7.99. The topological polar surface area (TPSA) is 130 Å². The molecule has 0 atom stereocenters. The summed E-state index contributed by atoms with van der Waals surface area (Å²) < 4.78 is 7.15. The molecule has 4 aromatic rings. The molecule has 4 rings (SSSR count). The van der Waals surface area contributed by atoms with Crippen molar-refractivity contribution in [3.05, 3.63) is 110 Å². The molecule has 0 saturated heterocycles. The zero-order chi connectivity index (χ0) is 24.2. The van der Waals surface area contributed by atoms with Crippen molar-refractivity contribution in [3.63, 3.8) is 0 Å². The maximum Gasteiger partial charge on any atom is 0.344 e. The molecule has 1 heterocycles. The van der Waals surface area contributed by atoms with Gasteiger partial charge >= 0.3 is 5.97 Å². The van der Waals surface area contributed by atoms with Gasteiger partial charge in [0.25, 0.3) is 11.4 Å². The van der Waals surface area contributed by atoms with E-state index < -0.39 is 15.8 Å². The van der Waals surface area contributed by atoms with Crippen LogP contribution in [-0.2, 0) is 0 Å². The second-order valence-corrected chi connectivity index (χ2v) is 8.04. The molecule has 0 aliphatic rings. The number of esters is 1. The first kappa shape index (κ1) is 22.7. The zero-order valence-corrected chi connectivity index (χ0v) is 18.5. The molecule has 0 aliphatic carbocycles. The molecule has 0 aliphatic heterocycles. The number of carbonyl (C=O) groups excluding carboxylic acids is 1. The Morgan fingerprint density at radius 3 is 2.21 bits per heavy atom. The van der Waals surface area contributed by atoms with Crippen LogP contribution in [0.5, 0.6) is 5.88 Å². The van der Waals surface area contributed by atoms with Crippen LogP contribution >= 0.6 is 11.8 Å². The van der Waals surface area contributed by atoms with Crippen LogP contribution in [0.25, 0.3) is 5.69 Å². The fraction of sp³-hybridized carbons (Fsp3) is 0.0435. The lowest BCUT2D eigenvalue weighted by molar-refractivity contribution is -0.387. The number of non-ortho nitro benzene ring substituents is 1. The molecule has 0 amide bonds. The number of rotatable bonds is 7. The minimum atomic E-state index is -0.753. The number of hydrogen-bond acceptors (Lipinski definition) is 8. The lowest BCUT2D eigenvalue weighted by Crippen LogP contribution is -2.12. The van der Waals surface area contributed by atoms with E-state index in [9.17, 15) is 25.0 Å². The van der Waals surface area contributed by atoms with Crippen molar-refractivity contribution in [2.24, 2.45) is 0 Å². The van der Waals surface area contributed by atoms with Gasteiger partial charge in [0.2, 0.25) is 5.88 Å². The maximum atomic E-state index is 12.9. The largest absolute Gasteiger partial charge is 0.402 e. The molecule has 11 heteroatoms. The van der Waals surface area contributed by atoms with E-state index >= 15 is 0 Å². The molecule has 0 spiro atoms. The number of aryl methyl sites for hydroxylation is 1. The number of nitro groups is 2. The van der Waals surface area contributed by atoms with Crippen molar-refractivity contribution in [3.8, 4) is 11.6 Å². The molecule has 0 radical (unpaired) electrons. The van der Waals surface area contributed by atoms with Crippen LogP contribution in [0.3, 0.4) is 0 Å². The summed E-state index contributed by atoms with van der Waals surface area (Å²) in [6, 6.07) is 20.2. The first-order chi connectivity index (χ1) is 16.3. The average Bonchev–Trinajstić information content (AvgIpc) is 3.14. The third-order valence-electron chi connectivity index (χ3n) is 4.74. The lowest BCUT2D eigenvalue weighted by Gasteiger charge is -2.10. The van der Waals surface area contributed by atoms with Crippen LogP contribution in [-0.4, -0.2) is 25.6 Å². The van der Waals surface area contributed by atoms with Crippen molar-refractivity contribution in [2.75, 3.05) is 0 Å². The highest BCUT2D eigenvalue weighted by atomic mass is 32.2. The third kappa shape index (κ3) is 4.64. The summed E-state index contributed by atoms with van der Waals surface area (Å²) in [5.74, 6) is -0.674. The number of carbonyl (C=O) groups is 1. The Balaban J connectivity index is 1.77. The van der Waals surface area contributed by atoms with E-state index in [0.29, 0.717) is 21.2 Å². The number of aromatic nitrogens is 2. The van der Waals surface area contributed by atoms with Gasteiger partial charge in [-0.3, -0.25) is 20.2 Å². The van der Waals surface area contributed by atoms with Gasteiger partial charge in [-0.15, -0.1) is 0 Å². The third-order valence-corrected chi connectivity index (χ3v) is 5.98. The number of ether oxygens (including phenoxy) is 1. The van der Waals surface area contributed by atoms with Gasteiger partial charge in [0.05, 0.1) is 36.6 Å². The molecule has 170 valence electrons. The normalized spacial score (nSPS) is 10.6. The second-order valence-electron chi connectivity index (χ2n) is 6.99. The molecular formula is C23H16N4O6S. The van der Waals surface area contributed by atoms with E-state index in [-0.39, 0.29) is 22.8 Å². The number of nitro benzene ring substituents is 2. The summed E-state index contributed by atoms with van der Waals surface area (Å²) in [6.45, 7) is 1.71. The Morgan fingerprint density at radius 2 is 1.56 bits per heavy atom. The van der Waals surface area contributed by atoms with Crippen molar-refractivity contribution < 1.29 is 19.4 Å². The molecule has 10 nitrogen and oxygen atoms in total. The van der Waals surface area contributed by atoms with Gasteiger partial charge in [-0.25, -0.2) is 4.79 Å². The summed E-state index contributed by atoms with van der Waals surface area (Å²) in [6.07, 6.45) is 0. The SMILES string of the molecule is Cc1nn(-c2ccccc2)c(OC(=O)c2ccc([N+](=O)[O-])cc2)c1Sc1ccccc1[N+](=O)[O-]. The lowest BCUT2D eigenvalue weighted by atomic mass is 10.2. The van der Waals surface area contributed by atoms with Gasteiger partial charge in [-0.05, 0) is 37.3 Å². The van der Waals surface area contributed by atoms with E-state index in [4.69, 9.17) is 4.74 Å². The average molecular weight is 476 g/mol. The predicted molar refractivity (Wildman–Crippen MR) is 124 cm³/mol. The summed E-state index contributed by atoms with van der Waals surface area (Å²) in [7, 11) is 0. The molecule has 1 aromatic heterocycles. The summed E-state index contributed by atoms with van der Waals surface area (Å²) in [5.41, 5.74) is 0.970. The fourth-order valence-electron chi connectivity index (χ4n) is 3.11. The summed E-state index contributed by atoms with van der Waals surface area (Å²) in [4.78, 5) is 35.0. The monoisotopic (exact) mass is 476 g/mol. The maximum absolute atomic E-state index is 12.9. The number of benzene rings is 3. The van der Waals surface area contributed by atoms with Crippen LogP contribution < -0.4 is 4.74 Å². The molecule has 0 unspecified atom stereocenters. The highest BCUT2D eigenvalue weighted by Crippen LogP contribution is 2.42. The highest BCUT2D eigenvalue weighted by Gasteiger charge is 2.25. The van der Waals surface area contributed by atoms with Crippen molar-refractivity contribution in [2.45, 2.75) is 16.7 Å². The Kier molecular flexibility index (Phi) is 6.37. The fourth-order valence-corrected chi connectivity index (χ4v) is 4.13. The van der Waals surface area contributed by atoms with E-state index in [1.165, 1.54) is 35.0 Å². The molecule has 34 heavy (non-hydrogen) atoms. The molecule has 3 aromatic carbocycles. The van der Waals surface area contributed by atoms with Crippen LogP contribution in [0.2, 0.25) is 0 Å². The Labute approximate surface area is 197 Å². The van der Waals surface area contributed by atoms with Crippen molar-refractivity contribution >= 4 is 29.1 Å². The first-order valence-corrected chi connectivity index (χ1v) is 10.7. The van der Waals surface area contributed by atoms with Gasteiger partial charge in [0.15, 0.2) is 0 Å². The molecule has 0 saturated carbocycles. The number of hydrogen-bond donors (Lipinski definition) is 0. The molecular weight excluding hydrogens is 460 g/mol. The van der Waals surface area contributed by atoms with Crippen molar-refractivity contribution in [1.29, 1.82) is 0 Å². The quantitative estimate of drug-likeness (QED) is 0.198. The number of para-hydroxylation sites is 2. The van der Waals surface area contributed by atoms with E-state index in [0.717, 1.165) is 11.8 Å². The Hall–Kier alpha value is -4.51. The standard InChI is InChI=1S/C23H16N4O6S/c1-15-21(34-20-10-6-5-9-19(20)27(31)32)22(25(24-15)17-7-3-2-4-8-17)33-23(28)16-11-13-18(14-12-16)26(29)30/h2-14H,1H3. The zero-order valence-electron chi connectivity index (χ0n) is 17.7. The molecule has 0 bridgehead atoms.